The fourth-order valence-electron chi connectivity index (χ4n) is 1.67. The van der Waals surface area contributed by atoms with Crippen molar-refractivity contribution in [2.45, 2.75) is 12.7 Å². The molecule has 1 aromatic rings. The number of benzene rings is 1. The number of sulfonamides is 1. The highest BCUT2D eigenvalue weighted by molar-refractivity contribution is 7.88. The smallest absolute Gasteiger partial charge is 0.335 e. The molecule has 0 saturated heterocycles. The second-order valence-electron chi connectivity index (χ2n) is 4.47. The molecule has 116 valence electrons. The number of amides is 1. The summed E-state index contributed by atoms with van der Waals surface area (Å²) in [6.45, 7) is 1.89. The van der Waals surface area contributed by atoms with E-state index in [1.807, 2.05) is 0 Å². The predicted octanol–water partition coefficient (Wildman–Crippen LogP) is 0.283. The average molecular weight is 314 g/mol. The number of rotatable bonds is 7. The number of aromatic carboxylic acids is 1. The van der Waals surface area contributed by atoms with Crippen molar-refractivity contribution in [1.82, 2.24) is 9.62 Å². The molecule has 0 aliphatic carbocycles. The zero-order valence-electron chi connectivity index (χ0n) is 11.9. The Hall–Kier alpha value is -1.93. The van der Waals surface area contributed by atoms with Crippen molar-refractivity contribution in [2.75, 3.05) is 20.1 Å². The molecule has 1 amide bonds. The summed E-state index contributed by atoms with van der Waals surface area (Å²) in [5, 5.41) is 11.4. The van der Waals surface area contributed by atoms with E-state index in [0.717, 1.165) is 4.31 Å². The summed E-state index contributed by atoms with van der Waals surface area (Å²) in [5.74, 6) is -1.86. The standard InChI is InChI=1S/C13H18N2O5S/c1-3-14-12(16)8-15(2)21(19,20)9-10-5-4-6-11(7-10)13(17)18/h4-7H,3,8-9H2,1-2H3,(H,14,16)(H,17,18). The van der Waals surface area contributed by atoms with Gasteiger partial charge in [-0.2, -0.15) is 4.31 Å². The molecule has 21 heavy (non-hydrogen) atoms. The van der Waals surface area contributed by atoms with E-state index in [1.165, 1.54) is 31.3 Å². The van der Waals surface area contributed by atoms with Crippen LogP contribution in [-0.4, -0.2) is 49.8 Å². The van der Waals surface area contributed by atoms with Crippen molar-refractivity contribution in [3.63, 3.8) is 0 Å². The van der Waals surface area contributed by atoms with E-state index in [1.54, 1.807) is 6.92 Å². The normalized spacial score (nSPS) is 11.4. The van der Waals surface area contributed by atoms with Crippen molar-refractivity contribution in [1.29, 1.82) is 0 Å². The van der Waals surface area contributed by atoms with Gasteiger partial charge < -0.3 is 10.4 Å². The van der Waals surface area contributed by atoms with Crippen LogP contribution in [0.15, 0.2) is 24.3 Å². The highest BCUT2D eigenvalue weighted by Gasteiger charge is 2.21. The number of carboxylic acids is 1. The van der Waals surface area contributed by atoms with Crippen LogP contribution < -0.4 is 5.32 Å². The highest BCUT2D eigenvalue weighted by Crippen LogP contribution is 2.11. The molecule has 0 bridgehead atoms. The molecule has 1 rings (SSSR count). The number of hydrogen-bond donors (Lipinski definition) is 2. The van der Waals surface area contributed by atoms with Crippen LogP contribution in [-0.2, 0) is 20.6 Å². The van der Waals surface area contributed by atoms with Gasteiger partial charge in [0.05, 0.1) is 17.9 Å². The van der Waals surface area contributed by atoms with Crippen molar-refractivity contribution in [3.05, 3.63) is 35.4 Å². The van der Waals surface area contributed by atoms with Gasteiger partial charge in [0.1, 0.15) is 0 Å². The van der Waals surface area contributed by atoms with Gasteiger partial charge in [-0.3, -0.25) is 4.79 Å². The Labute approximate surface area is 123 Å². The molecule has 0 atom stereocenters. The van der Waals surface area contributed by atoms with Crippen molar-refractivity contribution in [2.24, 2.45) is 0 Å². The van der Waals surface area contributed by atoms with Crippen molar-refractivity contribution >= 4 is 21.9 Å². The molecule has 0 aliphatic rings. The number of nitrogens with zero attached hydrogens (tertiary/aromatic N) is 1. The average Bonchev–Trinajstić information content (AvgIpc) is 2.38. The lowest BCUT2D eigenvalue weighted by Gasteiger charge is -2.16. The van der Waals surface area contributed by atoms with Crippen LogP contribution in [0.1, 0.15) is 22.8 Å². The van der Waals surface area contributed by atoms with Crippen LogP contribution in [0.4, 0.5) is 0 Å². The van der Waals surface area contributed by atoms with Crippen LogP contribution in [0.5, 0.6) is 0 Å². The van der Waals surface area contributed by atoms with Gasteiger partial charge in [-0.15, -0.1) is 0 Å². The first-order valence-electron chi connectivity index (χ1n) is 6.29. The number of carboxylic acid groups (broad SMARTS) is 1. The van der Waals surface area contributed by atoms with E-state index in [-0.39, 0.29) is 23.8 Å². The minimum Gasteiger partial charge on any atom is -0.478 e. The Kier molecular flexibility index (Phi) is 5.86. The minimum atomic E-state index is -3.69. The third-order valence-corrected chi connectivity index (χ3v) is 4.52. The monoisotopic (exact) mass is 314 g/mol. The molecular weight excluding hydrogens is 296 g/mol. The molecule has 7 nitrogen and oxygen atoms in total. The maximum absolute atomic E-state index is 12.1. The van der Waals surface area contributed by atoms with E-state index in [9.17, 15) is 18.0 Å². The van der Waals surface area contributed by atoms with Crippen LogP contribution in [0, 0.1) is 0 Å². The number of carbonyl (C=O) groups is 2. The molecule has 0 unspecified atom stereocenters. The molecule has 0 aromatic heterocycles. The van der Waals surface area contributed by atoms with Crippen LogP contribution in [0.25, 0.3) is 0 Å². The third-order valence-electron chi connectivity index (χ3n) is 2.74. The summed E-state index contributed by atoms with van der Waals surface area (Å²) >= 11 is 0. The number of carbonyl (C=O) groups excluding carboxylic acids is 1. The highest BCUT2D eigenvalue weighted by atomic mass is 32.2. The number of nitrogens with one attached hydrogen (secondary N) is 1. The van der Waals surface area contributed by atoms with Gasteiger partial charge in [0.2, 0.25) is 15.9 Å². The van der Waals surface area contributed by atoms with Gasteiger partial charge in [-0.25, -0.2) is 13.2 Å². The lowest BCUT2D eigenvalue weighted by Crippen LogP contribution is -2.38. The number of hydrogen-bond acceptors (Lipinski definition) is 4. The quantitative estimate of drug-likeness (QED) is 0.752. The summed E-state index contributed by atoms with van der Waals surface area (Å²) in [4.78, 5) is 22.3. The summed E-state index contributed by atoms with van der Waals surface area (Å²) in [5.41, 5.74) is 0.381. The molecule has 8 heteroatoms. The minimum absolute atomic E-state index is 0.0223. The van der Waals surface area contributed by atoms with Crippen LogP contribution >= 0.6 is 0 Å². The van der Waals surface area contributed by atoms with Gasteiger partial charge in [-0.1, -0.05) is 12.1 Å². The maximum Gasteiger partial charge on any atom is 0.335 e. The Morgan fingerprint density at radius 3 is 2.57 bits per heavy atom. The first-order valence-corrected chi connectivity index (χ1v) is 7.90. The topological polar surface area (TPSA) is 104 Å². The van der Waals surface area contributed by atoms with E-state index in [2.05, 4.69) is 5.32 Å². The van der Waals surface area contributed by atoms with Gasteiger partial charge >= 0.3 is 5.97 Å². The van der Waals surface area contributed by atoms with Crippen LogP contribution in [0.3, 0.4) is 0 Å². The van der Waals surface area contributed by atoms with E-state index >= 15 is 0 Å². The molecular formula is C13H18N2O5S. The largest absolute Gasteiger partial charge is 0.478 e. The molecule has 0 heterocycles. The molecule has 0 radical (unpaired) electrons. The first-order chi connectivity index (χ1) is 9.76. The third kappa shape index (κ3) is 5.16. The van der Waals surface area contributed by atoms with E-state index in [4.69, 9.17) is 5.11 Å². The summed E-state index contributed by atoms with van der Waals surface area (Å²) in [6, 6.07) is 5.71. The van der Waals surface area contributed by atoms with Crippen LogP contribution in [0.2, 0.25) is 0 Å². The molecule has 0 spiro atoms. The number of likely N-dealkylation sites (N-methyl/N-ethyl adjacent to an activating group) is 2. The van der Waals surface area contributed by atoms with Gasteiger partial charge in [0.25, 0.3) is 0 Å². The second kappa shape index (κ2) is 7.19. The fraction of sp³-hybridized carbons (Fsp3) is 0.385. The maximum atomic E-state index is 12.1. The second-order valence-corrected chi connectivity index (χ2v) is 6.55. The molecule has 0 fully saturated rings. The molecule has 0 saturated carbocycles. The fourth-order valence-corrected chi connectivity index (χ4v) is 2.80. The Bertz CT molecular complexity index is 627. The Morgan fingerprint density at radius 2 is 2.00 bits per heavy atom. The zero-order valence-corrected chi connectivity index (χ0v) is 12.7. The van der Waals surface area contributed by atoms with E-state index in [0.29, 0.717) is 12.1 Å². The first kappa shape index (κ1) is 17.1. The lowest BCUT2D eigenvalue weighted by atomic mass is 10.1. The lowest BCUT2D eigenvalue weighted by molar-refractivity contribution is -0.121. The molecule has 2 N–H and O–H groups in total. The van der Waals surface area contributed by atoms with Crippen molar-refractivity contribution < 1.29 is 23.1 Å². The summed E-state index contributed by atoms with van der Waals surface area (Å²) in [7, 11) is -2.38. The van der Waals surface area contributed by atoms with Gasteiger partial charge in [0, 0.05) is 13.6 Å². The SMILES string of the molecule is CCNC(=O)CN(C)S(=O)(=O)Cc1cccc(C(=O)O)c1. The van der Waals surface area contributed by atoms with Gasteiger partial charge in [-0.05, 0) is 24.6 Å². The molecule has 0 aliphatic heterocycles. The van der Waals surface area contributed by atoms with Crippen molar-refractivity contribution in [3.8, 4) is 0 Å². The van der Waals surface area contributed by atoms with Gasteiger partial charge in [0.15, 0.2) is 0 Å². The predicted molar refractivity (Wildman–Crippen MR) is 77.3 cm³/mol. The summed E-state index contributed by atoms with van der Waals surface area (Å²) in [6.07, 6.45) is 0. The van der Waals surface area contributed by atoms with E-state index < -0.39 is 16.0 Å². The Balaban J connectivity index is 2.82. The zero-order chi connectivity index (χ0) is 16.0. The molecule has 1 aromatic carbocycles. The summed E-state index contributed by atoms with van der Waals surface area (Å²) < 4.78 is 25.2. The Morgan fingerprint density at radius 1 is 1.33 bits per heavy atom.